The molecule has 62 valence electrons. The molecule has 0 spiro atoms. The van der Waals surface area contributed by atoms with Gasteiger partial charge in [0.25, 0.3) is 0 Å². The Morgan fingerprint density at radius 2 is 1.22 bits per heavy atom. The molecule has 0 N–H and O–H groups in total. The third-order valence-corrected chi connectivity index (χ3v) is 0. The minimum Gasteiger partial charge on any atom is -0.222 e. The molecule has 0 heterocycles. The molecule has 0 aliphatic heterocycles. The van der Waals surface area contributed by atoms with Crippen LogP contribution in [0.1, 0.15) is 6.92 Å². The van der Waals surface area contributed by atoms with Gasteiger partial charge in [0, 0.05) is 0 Å². The number of halogens is 1. The van der Waals surface area contributed by atoms with E-state index in [0.717, 1.165) is 0 Å². The SMILES string of the molecule is CCP.[Au+].[O-][Cl+3]([O-])([O-])[O-]. The second-order valence-electron chi connectivity index (χ2n) is 0.786. The molecule has 9 heavy (non-hydrogen) atoms. The molecule has 4 nitrogen and oxygen atoms in total. The fourth-order valence-electron chi connectivity index (χ4n) is 0. The van der Waals surface area contributed by atoms with Gasteiger partial charge in [-0.1, -0.05) is 6.92 Å². The summed E-state index contributed by atoms with van der Waals surface area (Å²) < 4.78 is 34.0. The van der Waals surface area contributed by atoms with Gasteiger partial charge in [-0.25, -0.2) is 18.6 Å². The van der Waals surface area contributed by atoms with E-state index in [4.69, 9.17) is 18.6 Å². The van der Waals surface area contributed by atoms with Crippen molar-refractivity contribution in [1.82, 2.24) is 0 Å². The zero-order valence-corrected chi connectivity index (χ0v) is 8.67. The molecule has 0 aromatic rings. The monoisotopic (exact) mass is 358 g/mol. The quantitative estimate of drug-likeness (QED) is 0.327. The summed E-state index contributed by atoms with van der Waals surface area (Å²) >= 11 is 0. The normalized spacial score (nSPS) is 8.67. The Bertz CT molecular complexity index is 42.3. The van der Waals surface area contributed by atoms with E-state index in [1.807, 2.05) is 0 Å². The maximum absolute atomic E-state index is 8.49. The van der Waals surface area contributed by atoms with Crippen LogP contribution in [-0.4, -0.2) is 6.16 Å². The molecule has 0 saturated carbocycles. The minimum absolute atomic E-state index is 0. The number of hydrogen-bond donors (Lipinski definition) is 0. The fraction of sp³-hybridized carbons (Fsp3) is 1.00. The van der Waals surface area contributed by atoms with Crippen molar-refractivity contribution in [2.45, 2.75) is 6.92 Å². The predicted molar refractivity (Wildman–Crippen MR) is 20.3 cm³/mol. The van der Waals surface area contributed by atoms with Crippen LogP contribution >= 0.6 is 9.24 Å². The molecule has 0 saturated heterocycles. The summed E-state index contributed by atoms with van der Waals surface area (Å²) in [5.74, 6) is 0. The summed E-state index contributed by atoms with van der Waals surface area (Å²) in [7, 11) is -2.37. The summed E-state index contributed by atoms with van der Waals surface area (Å²) in [4.78, 5) is 0. The molecule has 0 aliphatic rings. The first-order valence-corrected chi connectivity index (χ1v) is 3.78. The molecule has 1 unspecified atom stereocenters. The molecule has 0 amide bonds. The van der Waals surface area contributed by atoms with E-state index in [2.05, 4.69) is 16.2 Å². The smallest absolute Gasteiger partial charge is 0.222 e. The largest absolute Gasteiger partial charge is 1.00 e. The molecule has 0 aromatic carbocycles. The van der Waals surface area contributed by atoms with Gasteiger partial charge in [-0.15, -0.1) is 19.5 Å². The molecule has 0 radical (unpaired) electrons. The van der Waals surface area contributed by atoms with Crippen molar-refractivity contribution >= 4 is 9.24 Å². The third kappa shape index (κ3) is 293. The van der Waals surface area contributed by atoms with Crippen LogP contribution in [0.4, 0.5) is 0 Å². The van der Waals surface area contributed by atoms with Crippen LogP contribution in [0.5, 0.6) is 0 Å². The Hall–Kier alpha value is 1.30. The zero-order chi connectivity index (χ0) is 7.21. The topological polar surface area (TPSA) is 92.2 Å². The summed E-state index contributed by atoms with van der Waals surface area (Å²) in [5, 5.41) is 0. The molecule has 0 aromatic heterocycles. The molecule has 7 heteroatoms. The Morgan fingerprint density at radius 1 is 1.22 bits per heavy atom. The van der Waals surface area contributed by atoms with Gasteiger partial charge in [-0.3, -0.25) is 0 Å². The second-order valence-corrected chi connectivity index (χ2v) is 2.36. The second kappa shape index (κ2) is 9.30. The summed E-state index contributed by atoms with van der Waals surface area (Å²) in [5.41, 5.74) is 0. The van der Waals surface area contributed by atoms with Crippen LogP contribution in [0.25, 0.3) is 0 Å². The summed E-state index contributed by atoms with van der Waals surface area (Å²) in [6.45, 7) is 2.09. The van der Waals surface area contributed by atoms with Gasteiger partial charge in [0.15, 0.2) is 0 Å². The standard InChI is InChI=1S/C2H7P.Au.ClHO4/c1-2-3;;2-1(3,4)5/h2-3H2,1H3;;(H,2,3,4,5)/q;+1;/p-1. The van der Waals surface area contributed by atoms with Crippen LogP contribution in [0, 0.1) is 10.2 Å². The Balaban J connectivity index is -0.0000000800. The first kappa shape index (κ1) is 16.7. The van der Waals surface area contributed by atoms with Crippen LogP contribution in [0.15, 0.2) is 0 Å². The van der Waals surface area contributed by atoms with Gasteiger partial charge >= 0.3 is 22.4 Å². The van der Waals surface area contributed by atoms with Gasteiger partial charge < -0.3 is 0 Å². The van der Waals surface area contributed by atoms with Gasteiger partial charge in [0.2, 0.25) is 0 Å². The van der Waals surface area contributed by atoms with Gasteiger partial charge in [-0.2, -0.15) is 0 Å². The van der Waals surface area contributed by atoms with Crippen molar-refractivity contribution in [2.24, 2.45) is 0 Å². The first-order chi connectivity index (χ1) is 3.41. The Labute approximate surface area is 73.7 Å². The van der Waals surface area contributed by atoms with E-state index >= 15 is 0 Å². The van der Waals surface area contributed by atoms with Crippen molar-refractivity contribution in [3.05, 3.63) is 0 Å². The van der Waals surface area contributed by atoms with Crippen LogP contribution in [-0.2, 0) is 22.4 Å². The number of rotatable bonds is 0. The number of hydrogen-bond acceptors (Lipinski definition) is 4. The van der Waals surface area contributed by atoms with Crippen LogP contribution in [0.2, 0.25) is 0 Å². The average Bonchev–Trinajstić information content (AvgIpc) is 1.27. The summed E-state index contributed by atoms with van der Waals surface area (Å²) in [6.07, 6.45) is 1.17. The Kier molecular flexibility index (Phi) is 17.3. The van der Waals surface area contributed by atoms with E-state index < -0.39 is 10.2 Å². The Morgan fingerprint density at radius 3 is 1.22 bits per heavy atom. The molecular weight excluding hydrogens is 351 g/mol. The van der Waals surface area contributed by atoms with Crippen molar-refractivity contribution in [1.29, 1.82) is 0 Å². The molecule has 0 aliphatic carbocycles. The summed E-state index contributed by atoms with van der Waals surface area (Å²) in [6, 6.07) is 0. The minimum atomic E-state index is -4.94. The van der Waals surface area contributed by atoms with Gasteiger partial charge in [0.1, 0.15) is 0 Å². The zero-order valence-electron chi connectivity index (χ0n) is 4.60. The molecule has 1 atom stereocenters. The maximum atomic E-state index is 8.49. The van der Waals surface area contributed by atoms with E-state index in [1.54, 1.807) is 0 Å². The van der Waals surface area contributed by atoms with E-state index in [-0.39, 0.29) is 22.4 Å². The molecular formula is C2H7AuClO4P. The first-order valence-electron chi connectivity index (χ1n) is 1.73. The van der Waals surface area contributed by atoms with E-state index in [0.29, 0.717) is 0 Å². The van der Waals surface area contributed by atoms with Crippen molar-refractivity contribution in [2.75, 3.05) is 6.16 Å². The average molecular weight is 358 g/mol. The molecule has 0 bridgehead atoms. The van der Waals surface area contributed by atoms with Crippen LogP contribution < -0.4 is 18.6 Å². The maximum Gasteiger partial charge on any atom is 1.00 e. The van der Waals surface area contributed by atoms with Gasteiger partial charge in [0.05, 0.1) is 0 Å². The van der Waals surface area contributed by atoms with Crippen LogP contribution in [0.3, 0.4) is 0 Å². The molecule has 0 rings (SSSR count). The third-order valence-electron chi connectivity index (χ3n) is 0. The van der Waals surface area contributed by atoms with Gasteiger partial charge in [-0.05, 0) is 6.16 Å². The van der Waals surface area contributed by atoms with Crippen molar-refractivity contribution < 1.29 is 51.3 Å². The molecule has 0 fully saturated rings. The van der Waals surface area contributed by atoms with E-state index in [9.17, 15) is 0 Å². The predicted octanol–water partition coefficient (Wildman–Crippen LogP) is -3.88. The fourth-order valence-corrected chi connectivity index (χ4v) is 0. The van der Waals surface area contributed by atoms with Crippen molar-refractivity contribution in [3.63, 3.8) is 0 Å². The van der Waals surface area contributed by atoms with E-state index in [1.165, 1.54) is 6.16 Å². The van der Waals surface area contributed by atoms with Crippen molar-refractivity contribution in [3.8, 4) is 0 Å².